The van der Waals surface area contributed by atoms with Crippen molar-refractivity contribution in [1.82, 2.24) is 0 Å². The van der Waals surface area contributed by atoms with Crippen molar-refractivity contribution < 1.29 is 19.8 Å². The third-order valence-corrected chi connectivity index (χ3v) is 7.23. The molecule has 2 N–H and O–H groups in total. The number of carbonyl (C=O) groups is 2. The minimum Gasteiger partial charge on any atom is -0.481 e. The highest BCUT2D eigenvalue weighted by molar-refractivity contribution is 5.75. The van der Waals surface area contributed by atoms with Gasteiger partial charge in [-0.2, -0.15) is 0 Å². The molecule has 4 heteroatoms. The van der Waals surface area contributed by atoms with E-state index in [1.807, 2.05) is 0 Å². The SMILES string of the molecule is CCC(CCCCCCCCCCCCC(=O)O)C(CCC(C)C)(CCC(C)C)C(=O)O. The molecule has 0 radical (unpaired) electrons. The Balaban J connectivity index is 4.36. The molecule has 0 aliphatic heterocycles. The number of hydrogen-bond acceptors (Lipinski definition) is 2. The first-order chi connectivity index (χ1) is 15.2. The van der Waals surface area contributed by atoms with E-state index >= 15 is 0 Å². The fraction of sp³-hybridized carbons (Fsp3) is 0.929. The zero-order valence-corrected chi connectivity index (χ0v) is 22.0. The Morgan fingerprint density at radius 1 is 0.656 bits per heavy atom. The maximum atomic E-state index is 12.6. The van der Waals surface area contributed by atoms with Crippen LogP contribution in [0.1, 0.15) is 144 Å². The molecule has 0 rings (SSSR count). The third-order valence-electron chi connectivity index (χ3n) is 7.23. The predicted octanol–water partition coefficient (Wildman–Crippen LogP) is 8.72. The van der Waals surface area contributed by atoms with E-state index in [2.05, 4.69) is 34.6 Å². The van der Waals surface area contributed by atoms with E-state index in [1.165, 1.54) is 38.5 Å². The van der Waals surface area contributed by atoms with Crippen LogP contribution < -0.4 is 0 Å². The van der Waals surface area contributed by atoms with Crippen molar-refractivity contribution >= 4 is 11.9 Å². The van der Waals surface area contributed by atoms with Gasteiger partial charge in [0.25, 0.3) is 0 Å². The molecule has 1 atom stereocenters. The Hall–Kier alpha value is -1.06. The summed E-state index contributed by atoms with van der Waals surface area (Å²) in [5.74, 6) is 0.123. The Bertz CT molecular complexity index is 472. The van der Waals surface area contributed by atoms with Crippen LogP contribution in [0.15, 0.2) is 0 Å². The van der Waals surface area contributed by atoms with Gasteiger partial charge in [0.2, 0.25) is 0 Å². The number of unbranched alkanes of at least 4 members (excludes halogenated alkanes) is 9. The molecular weight excluding hydrogens is 400 g/mol. The van der Waals surface area contributed by atoms with Gasteiger partial charge in [0.1, 0.15) is 0 Å². The maximum Gasteiger partial charge on any atom is 0.309 e. The second kappa shape index (κ2) is 18.4. The first kappa shape index (κ1) is 30.9. The average Bonchev–Trinajstić information content (AvgIpc) is 2.71. The number of rotatable bonds is 22. The number of carboxylic acid groups (broad SMARTS) is 2. The fourth-order valence-corrected chi connectivity index (χ4v) is 4.97. The van der Waals surface area contributed by atoms with Crippen LogP contribution in [0.4, 0.5) is 0 Å². The lowest BCUT2D eigenvalue weighted by Crippen LogP contribution is -2.39. The summed E-state index contributed by atoms with van der Waals surface area (Å²) >= 11 is 0. The van der Waals surface area contributed by atoms with Crippen molar-refractivity contribution in [3.63, 3.8) is 0 Å². The maximum absolute atomic E-state index is 12.6. The van der Waals surface area contributed by atoms with Gasteiger partial charge < -0.3 is 10.2 Å². The van der Waals surface area contributed by atoms with Crippen molar-refractivity contribution in [3.05, 3.63) is 0 Å². The van der Waals surface area contributed by atoms with Gasteiger partial charge in [0, 0.05) is 6.42 Å². The quantitative estimate of drug-likeness (QED) is 0.160. The summed E-state index contributed by atoms with van der Waals surface area (Å²) in [4.78, 5) is 23.1. The van der Waals surface area contributed by atoms with E-state index in [9.17, 15) is 14.7 Å². The molecule has 0 aromatic rings. The predicted molar refractivity (Wildman–Crippen MR) is 135 cm³/mol. The monoisotopic (exact) mass is 454 g/mol. The first-order valence-corrected chi connectivity index (χ1v) is 13.6. The van der Waals surface area contributed by atoms with Crippen LogP contribution in [0.2, 0.25) is 0 Å². The van der Waals surface area contributed by atoms with Gasteiger partial charge >= 0.3 is 11.9 Å². The second-order valence-electron chi connectivity index (χ2n) is 10.9. The van der Waals surface area contributed by atoms with Crippen LogP contribution in [0.3, 0.4) is 0 Å². The molecule has 0 amide bonds. The van der Waals surface area contributed by atoms with Crippen molar-refractivity contribution in [2.45, 2.75) is 144 Å². The summed E-state index contributed by atoms with van der Waals surface area (Å²) in [5.41, 5.74) is -0.552. The molecule has 1 unspecified atom stereocenters. The number of aliphatic carboxylic acids is 2. The lowest BCUT2D eigenvalue weighted by molar-refractivity contribution is -0.155. The number of carboxylic acids is 2. The molecule has 0 aliphatic rings. The highest BCUT2D eigenvalue weighted by Gasteiger charge is 2.43. The smallest absolute Gasteiger partial charge is 0.309 e. The lowest BCUT2D eigenvalue weighted by Gasteiger charge is -2.38. The van der Waals surface area contributed by atoms with Gasteiger partial charge in [-0.05, 0) is 56.3 Å². The van der Waals surface area contributed by atoms with Crippen molar-refractivity contribution in [2.24, 2.45) is 23.2 Å². The summed E-state index contributed by atoms with van der Waals surface area (Å²) in [5, 5.41) is 19.0. The molecule has 0 bridgehead atoms. The summed E-state index contributed by atoms with van der Waals surface area (Å²) in [6.07, 6.45) is 17.5. The first-order valence-electron chi connectivity index (χ1n) is 13.6. The highest BCUT2D eigenvalue weighted by Crippen LogP contribution is 2.44. The lowest BCUT2D eigenvalue weighted by atomic mass is 9.65. The second-order valence-corrected chi connectivity index (χ2v) is 10.9. The molecule has 0 saturated carbocycles. The molecule has 0 heterocycles. The normalized spacial score (nSPS) is 13.1. The van der Waals surface area contributed by atoms with Gasteiger partial charge in [0.05, 0.1) is 5.41 Å². The Morgan fingerprint density at radius 3 is 1.41 bits per heavy atom. The van der Waals surface area contributed by atoms with Crippen LogP contribution >= 0.6 is 0 Å². The molecule has 0 fully saturated rings. The minimum atomic E-state index is -0.684. The van der Waals surface area contributed by atoms with E-state index in [0.29, 0.717) is 18.3 Å². The average molecular weight is 455 g/mol. The van der Waals surface area contributed by atoms with Crippen LogP contribution in [0.5, 0.6) is 0 Å². The highest BCUT2D eigenvalue weighted by atomic mass is 16.4. The Morgan fingerprint density at radius 2 is 1.06 bits per heavy atom. The van der Waals surface area contributed by atoms with Gasteiger partial charge in [0.15, 0.2) is 0 Å². The number of hydrogen-bond donors (Lipinski definition) is 2. The van der Waals surface area contributed by atoms with Gasteiger partial charge in [-0.25, -0.2) is 0 Å². The van der Waals surface area contributed by atoms with Crippen LogP contribution in [-0.2, 0) is 9.59 Å². The van der Waals surface area contributed by atoms with Gasteiger partial charge in [-0.1, -0.05) is 98.8 Å². The van der Waals surface area contributed by atoms with E-state index in [4.69, 9.17) is 5.11 Å². The van der Waals surface area contributed by atoms with Gasteiger partial charge in [-0.15, -0.1) is 0 Å². The van der Waals surface area contributed by atoms with Crippen LogP contribution in [-0.4, -0.2) is 22.2 Å². The Kier molecular flexibility index (Phi) is 17.8. The summed E-state index contributed by atoms with van der Waals surface area (Å²) in [6, 6.07) is 0. The van der Waals surface area contributed by atoms with E-state index < -0.39 is 17.4 Å². The minimum absolute atomic E-state index is 0.281. The molecule has 0 aromatic carbocycles. The molecule has 32 heavy (non-hydrogen) atoms. The summed E-state index contributed by atoms with van der Waals surface area (Å²) in [7, 11) is 0. The van der Waals surface area contributed by atoms with Crippen molar-refractivity contribution in [1.29, 1.82) is 0 Å². The molecule has 0 spiro atoms. The zero-order chi connectivity index (χ0) is 24.4. The topological polar surface area (TPSA) is 74.6 Å². The molecule has 0 aliphatic carbocycles. The van der Waals surface area contributed by atoms with Gasteiger partial charge in [-0.3, -0.25) is 9.59 Å². The molecule has 0 saturated heterocycles. The third kappa shape index (κ3) is 14.2. The standard InChI is InChI=1S/C28H54O4/c1-6-25(28(27(31)32,21-19-23(2)3)22-20-24(4)5)17-15-13-11-9-7-8-10-12-14-16-18-26(29)30/h23-25H,6-22H2,1-5H3,(H,29,30)(H,31,32). The van der Waals surface area contributed by atoms with Crippen LogP contribution in [0, 0.1) is 23.2 Å². The van der Waals surface area contributed by atoms with E-state index in [0.717, 1.165) is 64.2 Å². The van der Waals surface area contributed by atoms with Crippen LogP contribution in [0.25, 0.3) is 0 Å². The zero-order valence-electron chi connectivity index (χ0n) is 22.0. The molecule has 4 nitrogen and oxygen atoms in total. The molecular formula is C28H54O4. The van der Waals surface area contributed by atoms with Crippen molar-refractivity contribution in [2.75, 3.05) is 0 Å². The Labute approximate surface area is 199 Å². The van der Waals surface area contributed by atoms with E-state index in [1.54, 1.807) is 0 Å². The van der Waals surface area contributed by atoms with E-state index in [-0.39, 0.29) is 5.92 Å². The van der Waals surface area contributed by atoms with Crippen molar-refractivity contribution in [3.8, 4) is 0 Å². The largest absolute Gasteiger partial charge is 0.481 e. The molecule has 0 aromatic heterocycles. The fourth-order valence-electron chi connectivity index (χ4n) is 4.97. The summed E-state index contributed by atoms with van der Waals surface area (Å²) in [6.45, 7) is 11.0. The molecule has 190 valence electrons. The summed E-state index contributed by atoms with van der Waals surface area (Å²) < 4.78 is 0.